The van der Waals surface area contributed by atoms with E-state index in [1.165, 1.54) is 29.2 Å². The molecule has 1 N–H and O–H groups in total. The van der Waals surface area contributed by atoms with Crippen molar-refractivity contribution in [1.29, 1.82) is 0 Å². The molecular formula is C29H32Cl3N3O5S. The number of rotatable bonds is 13. The lowest BCUT2D eigenvalue weighted by Crippen LogP contribution is -2.52. The molecule has 3 aromatic rings. The molecule has 0 spiro atoms. The van der Waals surface area contributed by atoms with E-state index in [2.05, 4.69) is 5.32 Å². The number of hydrogen-bond acceptors (Lipinski definition) is 5. The van der Waals surface area contributed by atoms with Crippen LogP contribution in [0, 0.1) is 0 Å². The number of carbonyl (C=O) groups is 2. The second-order valence-electron chi connectivity index (χ2n) is 8.96. The van der Waals surface area contributed by atoms with E-state index in [0.29, 0.717) is 33.6 Å². The number of para-hydroxylation sites is 2. The van der Waals surface area contributed by atoms with Gasteiger partial charge in [0.25, 0.3) is 10.0 Å². The van der Waals surface area contributed by atoms with Crippen LogP contribution in [0.5, 0.6) is 5.75 Å². The molecule has 0 aromatic heterocycles. The van der Waals surface area contributed by atoms with E-state index in [1.807, 2.05) is 0 Å². The second kappa shape index (κ2) is 14.8. The van der Waals surface area contributed by atoms with Gasteiger partial charge in [-0.1, -0.05) is 59.9 Å². The summed E-state index contributed by atoms with van der Waals surface area (Å²) in [6.45, 7) is 5.36. The van der Waals surface area contributed by atoms with Crippen LogP contribution in [-0.2, 0) is 26.2 Å². The number of nitrogens with one attached hydrogen (secondary N) is 1. The Labute approximate surface area is 256 Å². The highest BCUT2D eigenvalue weighted by Crippen LogP contribution is 2.33. The summed E-state index contributed by atoms with van der Waals surface area (Å²) in [6.07, 6.45) is 0.290. The number of benzene rings is 3. The van der Waals surface area contributed by atoms with Gasteiger partial charge in [-0.15, -0.1) is 0 Å². The highest BCUT2D eigenvalue weighted by Gasteiger charge is 2.34. The highest BCUT2D eigenvalue weighted by atomic mass is 35.5. The van der Waals surface area contributed by atoms with Crippen molar-refractivity contribution in [2.75, 3.05) is 24.0 Å². The van der Waals surface area contributed by atoms with Gasteiger partial charge in [-0.2, -0.15) is 0 Å². The minimum absolute atomic E-state index is 0.00664. The molecule has 12 heteroatoms. The molecular weight excluding hydrogens is 609 g/mol. The Hall–Kier alpha value is -2.98. The van der Waals surface area contributed by atoms with Crippen molar-refractivity contribution in [3.63, 3.8) is 0 Å². The molecule has 0 radical (unpaired) electrons. The minimum atomic E-state index is -4.28. The van der Waals surface area contributed by atoms with Gasteiger partial charge in [-0.25, -0.2) is 8.42 Å². The Morgan fingerprint density at radius 1 is 0.927 bits per heavy atom. The molecule has 0 aliphatic heterocycles. The topological polar surface area (TPSA) is 96.0 Å². The first-order valence-corrected chi connectivity index (χ1v) is 15.6. The molecule has 3 aromatic carbocycles. The number of ether oxygens (including phenoxy) is 1. The minimum Gasteiger partial charge on any atom is -0.492 e. The van der Waals surface area contributed by atoms with Crippen LogP contribution in [-0.4, -0.2) is 50.9 Å². The van der Waals surface area contributed by atoms with Crippen molar-refractivity contribution < 1.29 is 22.7 Å². The molecule has 0 heterocycles. The van der Waals surface area contributed by atoms with Crippen LogP contribution < -0.4 is 14.4 Å². The number of likely N-dealkylation sites (N-methyl/N-ethyl adjacent to an activating group) is 1. The van der Waals surface area contributed by atoms with Gasteiger partial charge in [0, 0.05) is 18.1 Å². The largest absolute Gasteiger partial charge is 0.492 e. The van der Waals surface area contributed by atoms with Crippen LogP contribution in [0.3, 0.4) is 0 Å². The van der Waals surface area contributed by atoms with Gasteiger partial charge in [-0.05, 0) is 74.4 Å². The van der Waals surface area contributed by atoms with E-state index in [-0.39, 0.29) is 35.4 Å². The number of nitrogens with zero attached hydrogens (tertiary/aromatic N) is 2. The summed E-state index contributed by atoms with van der Waals surface area (Å²) < 4.78 is 34.8. The van der Waals surface area contributed by atoms with Crippen molar-refractivity contribution >= 4 is 62.3 Å². The lowest BCUT2D eigenvalue weighted by atomic mass is 10.1. The molecule has 0 aliphatic rings. The Balaban J connectivity index is 2.12. The van der Waals surface area contributed by atoms with Crippen molar-refractivity contribution in [3.05, 3.63) is 87.4 Å². The van der Waals surface area contributed by atoms with Gasteiger partial charge in [0.2, 0.25) is 11.8 Å². The molecule has 2 amide bonds. The van der Waals surface area contributed by atoms with E-state index >= 15 is 0 Å². The number of sulfonamides is 1. The summed E-state index contributed by atoms with van der Waals surface area (Å²) in [5, 5.41) is 3.76. The van der Waals surface area contributed by atoms with Crippen molar-refractivity contribution in [3.8, 4) is 5.75 Å². The quantitative estimate of drug-likeness (QED) is 0.241. The lowest BCUT2D eigenvalue weighted by molar-refractivity contribution is -0.140. The van der Waals surface area contributed by atoms with Crippen LogP contribution in [0.2, 0.25) is 15.1 Å². The summed E-state index contributed by atoms with van der Waals surface area (Å²) in [4.78, 5) is 28.5. The highest BCUT2D eigenvalue weighted by molar-refractivity contribution is 7.92. The van der Waals surface area contributed by atoms with E-state index in [0.717, 1.165) is 4.31 Å². The fraction of sp³-hybridized carbons (Fsp3) is 0.310. The van der Waals surface area contributed by atoms with Gasteiger partial charge in [0.1, 0.15) is 18.3 Å². The zero-order valence-corrected chi connectivity index (χ0v) is 26.0. The Kier molecular flexibility index (Phi) is 11.7. The summed E-state index contributed by atoms with van der Waals surface area (Å²) >= 11 is 18.3. The lowest BCUT2D eigenvalue weighted by Gasteiger charge is -2.33. The number of hydrogen-bond donors (Lipinski definition) is 1. The molecule has 0 fully saturated rings. The summed E-state index contributed by atoms with van der Waals surface area (Å²) in [6, 6.07) is 16.3. The third-order valence-electron chi connectivity index (χ3n) is 6.19. The monoisotopic (exact) mass is 639 g/mol. The normalized spacial score (nSPS) is 12.0. The number of halogens is 3. The third-order valence-corrected chi connectivity index (χ3v) is 8.95. The van der Waals surface area contributed by atoms with Gasteiger partial charge in [0.15, 0.2) is 0 Å². The molecule has 220 valence electrons. The smallest absolute Gasteiger partial charge is 0.264 e. The maximum atomic E-state index is 14.1. The van der Waals surface area contributed by atoms with E-state index in [4.69, 9.17) is 39.5 Å². The van der Waals surface area contributed by atoms with Crippen LogP contribution in [0.15, 0.2) is 71.6 Å². The molecule has 8 nitrogen and oxygen atoms in total. The van der Waals surface area contributed by atoms with Gasteiger partial charge in [-0.3, -0.25) is 13.9 Å². The molecule has 0 aliphatic carbocycles. The Morgan fingerprint density at radius 3 is 2.22 bits per heavy atom. The molecule has 41 heavy (non-hydrogen) atoms. The van der Waals surface area contributed by atoms with Gasteiger partial charge < -0.3 is 15.0 Å². The molecule has 1 atom stereocenters. The average molecular weight is 641 g/mol. The first kappa shape index (κ1) is 32.5. The third kappa shape index (κ3) is 8.07. The van der Waals surface area contributed by atoms with Crippen molar-refractivity contribution in [2.45, 2.75) is 44.7 Å². The van der Waals surface area contributed by atoms with E-state index < -0.39 is 28.5 Å². The Bertz CT molecular complexity index is 1470. The predicted molar refractivity (Wildman–Crippen MR) is 163 cm³/mol. The summed E-state index contributed by atoms with van der Waals surface area (Å²) in [7, 11) is -4.28. The summed E-state index contributed by atoms with van der Waals surface area (Å²) in [5.74, 6) is -0.671. The van der Waals surface area contributed by atoms with Gasteiger partial charge >= 0.3 is 0 Å². The van der Waals surface area contributed by atoms with E-state index in [1.54, 1.807) is 63.2 Å². The fourth-order valence-electron chi connectivity index (χ4n) is 4.23. The van der Waals surface area contributed by atoms with Gasteiger partial charge in [0.05, 0.1) is 27.2 Å². The first-order chi connectivity index (χ1) is 19.5. The maximum absolute atomic E-state index is 14.1. The summed E-state index contributed by atoms with van der Waals surface area (Å²) in [5.41, 5.74) is 0.801. The average Bonchev–Trinajstić information content (AvgIpc) is 2.94. The number of amides is 2. The SMILES string of the molecule is CCNC(=O)[C@@H](CC)N(Cc1ccc(Cl)c(Cl)c1)C(=O)CN(c1ccccc1OCC)S(=O)(=O)c1ccc(Cl)cc1. The fourth-order valence-corrected chi connectivity index (χ4v) is 6.11. The predicted octanol–water partition coefficient (Wildman–Crippen LogP) is 6.18. The molecule has 0 bridgehead atoms. The van der Waals surface area contributed by atoms with Crippen LogP contribution >= 0.6 is 34.8 Å². The maximum Gasteiger partial charge on any atom is 0.264 e. The molecule has 0 saturated carbocycles. The van der Waals surface area contributed by atoms with Crippen LogP contribution in [0.25, 0.3) is 0 Å². The second-order valence-corrected chi connectivity index (χ2v) is 12.1. The zero-order valence-electron chi connectivity index (χ0n) is 22.9. The number of carbonyl (C=O) groups excluding carboxylic acids is 2. The van der Waals surface area contributed by atoms with Crippen LogP contribution in [0.4, 0.5) is 5.69 Å². The number of anilines is 1. The standard InChI is InChI=1S/C29H32Cl3N3O5S/c1-4-25(29(37)33-5-2)34(18-20-11-16-23(31)24(32)17-20)28(36)19-35(26-9-7-8-10-27(26)40-6-3)41(38,39)22-14-12-21(30)13-15-22/h7-17,25H,4-6,18-19H2,1-3H3,(H,33,37)/t25-/m1/s1. The Morgan fingerprint density at radius 2 is 1.61 bits per heavy atom. The zero-order chi connectivity index (χ0) is 30.2. The molecule has 3 rings (SSSR count). The first-order valence-electron chi connectivity index (χ1n) is 13.0. The molecule has 0 saturated heterocycles. The van der Waals surface area contributed by atoms with Crippen molar-refractivity contribution in [2.24, 2.45) is 0 Å². The van der Waals surface area contributed by atoms with Crippen molar-refractivity contribution in [1.82, 2.24) is 10.2 Å². The van der Waals surface area contributed by atoms with Crippen LogP contribution in [0.1, 0.15) is 32.8 Å². The van der Waals surface area contributed by atoms with E-state index in [9.17, 15) is 18.0 Å². The molecule has 0 unspecified atom stereocenters.